The topological polar surface area (TPSA) is 77.7 Å². The summed E-state index contributed by atoms with van der Waals surface area (Å²) in [7, 11) is 1.65. The predicted octanol–water partition coefficient (Wildman–Crippen LogP) is 6.11. The van der Waals surface area contributed by atoms with Gasteiger partial charge in [-0.15, -0.1) is 12.6 Å². The Morgan fingerprint density at radius 2 is 1.98 bits per heavy atom. The molecule has 0 radical (unpaired) electrons. The third-order valence-corrected chi connectivity index (χ3v) is 9.69. The molecule has 2 aliphatic heterocycles. The molecule has 0 saturated carbocycles. The van der Waals surface area contributed by atoms with Crippen LogP contribution in [0.4, 0.5) is 4.39 Å². The van der Waals surface area contributed by atoms with Crippen molar-refractivity contribution in [2.24, 2.45) is 0 Å². The average Bonchev–Trinajstić information content (AvgIpc) is 3.55. The van der Waals surface area contributed by atoms with Crippen molar-refractivity contribution in [3.8, 4) is 5.75 Å². The number of benzene rings is 2. The second-order valence-electron chi connectivity index (χ2n) is 11.7. The first-order valence-electron chi connectivity index (χ1n) is 14.1. The van der Waals surface area contributed by atoms with Gasteiger partial charge in [0.15, 0.2) is 0 Å². The number of nitrogens with zero attached hydrogens (tertiary/aromatic N) is 2. The summed E-state index contributed by atoms with van der Waals surface area (Å²) in [5.41, 5.74) is 3.09. The zero-order valence-electron chi connectivity index (χ0n) is 24.3. The fourth-order valence-electron chi connectivity index (χ4n) is 5.34. The van der Waals surface area contributed by atoms with Crippen LogP contribution < -0.4 is 10.1 Å². The highest BCUT2D eigenvalue weighted by molar-refractivity contribution is 7.98. The minimum absolute atomic E-state index is 0.0766. The Morgan fingerprint density at radius 1 is 1.21 bits per heavy atom. The summed E-state index contributed by atoms with van der Waals surface area (Å²) in [6.07, 6.45) is 5.49. The summed E-state index contributed by atoms with van der Waals surface area (Å²) < 4.78 is 20.8. The predicted molar refractivity (Wildman–Crippen MR) is 170 cm³/mol. The molecule has 10 heteroatoms. The number of fused-ring (bicyclic) bond motifs is 1. The summed E-state index contributed by atoms with van der Waals surface area (Å²) >= 11 is 6.57. The molecule has 2 aliphatic rings. The second kappa shape index (κ2) is 12.6. The first kappa shape index (κ1) is 30.3. The van der Waals surface area contributed by atoms with E-state index in [-0.39, 0.29) is 34.5 Å². The van der Waals surface area contributed by atoms with Crippen molar-refractivity contribution in [2.45, 2.75) is 57.0 Å². The molecule has 2 unspecified atom stereocenters. The Balaban J connectivity index is 1.34. The van der Waals surface area contributed by atoms with Crippen LogP contribution >= 0.6 is 24.6 Å². The molecule has 0 spiro atoms. The third kappa shape index (κ3) is 6.88. The lowest BCUT2D eigenvalue weighted by Crippen LogP contribution is -2.46. The molecule has 42 heavy (non-hydrogen) atoms. The summed E-state index contributed by atoms with van der Waals surface area (Å²) in [5, 5.41) is 3.79. The van der Waals surface area contributed by atoms with Crippen LogP contribution in [-0.2, 0) is 11.3 Å². The molecular weight excluding hydrogens is 572 g/mol. The molecule has 3 heterocycles. The van der Waals surface area contributed by atoms with Crippen LogP contribution in [0.15, 0.2) is 71.2 Å². The van der Waals surface area contributed by atoms with Gasteiger partial charge in [0, 0.05) is 47.4 Å². The van der Waals surface area contributed by atoms with Gasteiger partial charge in [0.2, 0.25) is 5.91 Å². The van der Waals surface area contributed by atoms with Crippen molar-refractivity contribution in [1.29, 1.82) is 0 Å². The van der Waals surface area contributed by atoms with Gasteiger partial charge in [-0.3, -0.25) is 18.8 Å². The average molecular weight is 609 g/mol. The van der Waals surface area contributed by atoms with Crippen LogP contribution in [0.3, 0.4) is 0 Å². The van der Waals surface area contributed by atoms with Gasteiger partial charge >= 0.3 is 0 Å². The highest BCUT2D eigenvalue weighted by Gasteiger charge is 2.36. The van der Waals surface area contributed by atoms with E-state index in [0.29, 0.717) is 36.1 Å². The van der Waals surface area contributed by atoms with Crippen LogP contribution in [-0.4, -0.2) is 63.0 Å². The van der Waals surface area contributed by atoms with Crippen LogP contribution in [0.1, 0.15) is 49.7 Å². The van der Waals surface area contributed by atoms with E-state index in [1.165, 1.54) is 12.1 Å². The fraction of sp³-hybridized carbons (Fsp3) is 0.375. The fourth-order valence-corrected chi connectivity index (χ4v) is 6.93. The number of methoxy groups -OCH3 is 1. The Bertz CT molecular complexity index is 1530. The zero-order valence-corrected chi connectivity index (χ0v) is 26.0. The van der Waals surface area contributed by atoms with E-state index in [0.717, 1.165) is 34.8 Å². The van der Waals surface area contributed by atoms with Crippen LogP contribution in [0.5, 0.6) is 5.75 Å². The maximum atomic E-state index is 13.7. The molecule has 1 aromatic heterocycles. The number of aromatic amines is 1. The van der Waals surface area contributed by atoms with Crippen molar-refractivity contribution in [1.82, 2.24) is 19.5 Å². The van der Waals surface area contributed by atoms with Crippen molar-refractivity contribution in [2.75, 3.05) is 20.2 Å². The first-order valence-corrected chi connectivity index (χ1v) is 15.3. The number of halogens is 1. The SMILES string of the molecule is COc1ccc(CN2CCC(/C=C/C3CC(=O)N(C(C)(C)C)S3)=C(S)C2CNC(=O)c2cc3cc(F)ccc3[nH]2)cc1. The van der Waals surface area contributed by atoms with Gasteiger partial charge in [-0.1, -0.05) is 24.3 Å². The van der Waals surface area contributed by atoms with Crippen molar-refractivity contribution in [3.63, 3.8) is 0 Å². The number of rotatable bonds is 8. The minimum Gasteiger partial charge on any atom is -0.497 e. The van der Waals surface area contributed by atoms with Gasteiger partial charge < -0.3 is 15.0 Å². The van der Waals surface area contributed by atoms with E-state index in [1.54, 1.807) is 31.2 Å². The number of hydrogen-bond acceptors (Lipinski definition) is 6. The first-order chi connectivity index (χ1) is 20.0. The van der Waals surface area contributed by atoms with Crippen molar-refractivity contribution in [3.05, 3.63) is 88.2 Å². The van der Waals surface area contributed by atoms with Gasteiger partial charge in [0.25, 0.3) is 5.91 Å². The van der Waals surface area contributed by atoms with Gasteiger partial charge in [0.05, 0.1) is 18.4 Å². The van der Waals surface area contributed by atoms with Crippen LogP contribution in [0.2, 0.25) is 0 Å². The number of carbonyl (C=O) groups excluding carboxylic acids is 2. The van der Waals surface area contributed by atoms with Gasteiger partial charge in [-0.05, 0) is 86.7 Å². The molecule has 5 rings (SSSR count). The van der Waals surface area contributed by atoms with Crippen molar-refractivity contribution < 1.29 is 18.7 Å². The molecule has 2 aromatic carbocycles. The molecule has 1 saturated heterocycles. The number of nitrogens with one attached hydrogen (secondary N) is 2. The monoisotopic (exact) mass is 608 g/mol. The standard InChI is InChI=1S/C32H37FN4O3S2/c1-32(2,3)37-29(38)17-25(42-37)11-7-21-13-14-36(19-20-5-9-24(40-4)10-6-20)28(30(21)41)18-34-31(39)27-16-22-15-23(33)8-12-26(22)35-27/h5-12,15-16,25,28,35,41H,13-14,17-19H2,1-4H3,(H,34,39)/b11-7+. The van der Waals surface area contributed by atoms with Gasteiger partial charge in [0.1, 0.15) is 17.3 Å². The molecule has 3 aromatic rings. The molecule has 1 fully saturated rings. The lowest BCUT2D eigenvalue weighted by molar-refractivity contribution is -0.127. The highest BCUT2D eigenvalue weighted by atomic mass is 32.2. The number of allylic oxidation sites excluding steroid dienone is 1. The Kier molecular flexibility index (Phi) is 9.05. The largest absolute Gasteiger partial charge is 0.497 e. The maximum absolute atomic E-state index is 13.7. The summed E-state index contributed by atoms with van der Waals surface area (Å²) in [5.74, 6) is 0.344. The number of hydrogen-bond donors (Lipinski definition) is 3. The molecule has 7 nitrogen and oxygen atoms in total. The number of ether oxygens (including phenoxy) is 1. The number of thiol groups is 1. The maximum Gasteiger partial charge on any atom is 0.267 e. The minimum atomic E-state index is -0.346. The Hall–Kier alpha value is -3.21. The highest BCUT2D eigenvalue weighted by Crippen LogP contribution is 2.37. The number of H-pyrrole nitrogens is 1. The van der Waals surface area contributed by atoms with E-state index in [1.807, 2.05) is 49.3 Å². The van der Waals surface area contributed by atoms with Gasteiger partial charge in [-0.25, -0.2) is 4.39 Å². The Morgan fingerprint density at radius 3 is 2.67 bits per heavy atom. The van der Waals surface area contributed by atoms with Crippen LogP contribution in [0.25, 0.3) is 10.9 Å². The van der Waals surface area contributed by atoms with Crippen LogP contribution in [0, 0.1) is 5.82 Å². The van der Waals surface area contributed by atoms with E-state index in [2.05, 4.69) is 27.4 Å². The van der Waals surface area contributed by atoms with E-state index in [9.17, 15) is 14.0 Å². The summed E-state index contributed by atoms with van der Waals surface area (Å²) in [4.78, 5) is 32.0. The third-order valence-electron chi connectivity index (χ3n) is 7.55. The smallest absolute Gasteiger partial charge is 0.267 e. The van der Waals surface area contributed by atoms with E-state index >= 15 is 0 Å². The normalized spacial score (nSPS) is 20.2. The molecule has 0 aliphatic carbocycles. The lowest BCUT2D eigenvalue weighted by atomic mass is 9.99. The molecule has 2 amide bonds. The Labute approximate surface area is 256 Å². The summed E-state index contributed by atoms with van der Waals surface area (Å²) in [6.45, 7) is 7.96. The van der Waals surface area contributed by atoms with Gasteiger partial charge in [-0.2, -0.15) is 0 Å². The number of carbonyl (C=O) groups is 2. The lowest BCUT2D eigenvalue weighted by Gasteiger charge is -2.37. The molecule has 0 bridgehead atoms. The number of aromatic nitrogens is 1. The summed E-state index contributed by atoms with van der Waals surface area (Å²) in [6, 6.07) is 13.9. The van der Waals surface area contributed by atoms with E-state index < -0.39 is 0 Å². The van der Waals surface area contributed by atoms with Crippen molar-refractivity contribution >= 4 is 47.3 Å². The molecule has 2 N–H and O–H groups in total. The quantitative estimate of drug-likeness (QED) is 0.213. The van der Waals surface area contributed by atoms with E-state index in [4.69, 9.17) is 17.4 Å². The zero-order chi connectivity index (χ0) is 30.0. The second-order valence-corrected chi connectivity index (χ2v) is 13.3. The molecule has 2 atom stereocenters. The number of amides is 2. The molecule has 222 valence electrons. The molecular formula is C32H37FN4O3S2.